The van der Waals surface area contributed by atoms with E-state index in [1.807, 2.05) is 12.1 Å². The molecule has 0 aliphatic heterocycles. The highest BCUT2D eigenvalue weighted by molar-refractivity contribution is 6.33. The van der Waals surface area contributed by atoms with Crippen LogP contribution >= 0.6 is 11.6 Å². The summed E-state index contributed by atoms with van der Waals surface area (Å²) in [5.74, 6) is -0.160. The Kier molecular flexibility index (Phi) is 3.65. The highest BCUT2D eigenvalue weighted by Crippen LogP contribution is 2.32. The third-order valence-corrected chi connectivity index (χ3v) is 4.10. The summed E-state index contributed by atoms with van der Waals surface area (Å²) in [4.78, 5) is 11.2. The number of aromatic nitrogens is 2. The molecular weight excluding hydrogens is 294 g/mol. The molecule has 1 fully saturated rings. The van der Waals surface area contributed by atoms with Crippen molar-refractivity contribution in [1.29, 1.82) is 0 Å². The van der Waals surface area contributed by atoms with Crippen LogP contribution in [0.5, 0.6) is 0 Å². The van der Waals surface area contributed by atoms with Crippen molar-refractivity contribution in [3.05, 3.63) is 35.2 Å². The summed E-state index contributed by atoms with van der Waals surface area (Å²) in [6, 6.07) is 7.18. The molecule has 7 heteroatoms. The number of hydrogen-bond acceptors (Lipinski definition) is 5. The summed E-state index contributed by atoms with van der Waals surface area (Å²) in [5, 5.41) is 20.6. The van der Waals surface area contributed by atoms with Gasteiger partial charge in [0.15, 0.2) is 0 Å². The first kappa shape index (κ1) is 14.0. The number of halogens is 1. The fourth-order valence-corrected chi connectivity index (χ4v) is 2.53. The molecule has 2 aromatic rings. The highest BCUT2D eigenvalue weighted by atomic mass is 35.5. The Labute approximate surface area is 126 Å². The van der Waals surface area contributed by atoms with Crippen LogP contribution in [-0.4, -0.2) is 26.8 Å². The van der Waals surface area contributed by atoms with E-state index in [1.165, 1.54) is 0 Å². The zero-order valence-corrected chi connectivity index (χ0v) is 11.9. The van der Waals surface area contributed by atoms with Crippen LogP contribution in [0.4, 0.5) is 0 Å². The van der Waals surface area contributed by atoms with Crippen LogP contribution in [0, 0.1) is 0 Å². The lowest BCUT2D eigenvalue weighted by atomic mass is 9.77. The van der Waals surface area contributed by atoms with Gasteiger partial charge in [0.1, 0.15) is 5.54 Å². The van der Waals surface area contributed by atoms with Crippen LogP contribution in [0.2, 0.25) is 5.02 Å². The molecule has 1 aromatic carbocycles. The monoisotopic (exact) mass is 307 g/mol. The lowest BCUT2D eigenvalue weighted by Gasteiger charge is -2.38. The summed E-state index contributed by atoms with van der Waals surface area (Å²) in [6.45, 7) is 0.226. The molecule has 2 N–H and O–H groups in total. The molecule has 3 rings (SSSR count). The van der Waals surface area contributed by atoms with Gasteiger partial charge in [-0.25, -0.2) is 0 Å². The first-order valence-electron chi connectivity index (χ1n) is 6.66. The van der Waals surface area contributed by atoms with Crippen LogP contribution < -0.4 is 5.32 Å². The Hall–Kier alpha value is -1.92. The molecule has 1 saturated carbocycles. The molecule has 1 heterocycles. The molecule has 1 aliphatic rings. The van der Waals surface area contributed by atoms with E-state index >= 15 is 0 Å². The second-order valence-electron chi connectivity index (χ2n) is 5.08. The van der Waals surface area contributed by atoms with E-state index in [2.05, 4.69) is 15.5 Å². The summed E-state index contributed by atoms with van der Waals surface area (Å²) in [6.07, 6.45) is 2.15. The minimum Gasteiger partial charge on any atom is -0.480 e. The van der Waals surface area contributed by atoms with E-state index in [1.54, 1.807) is 12.1 Å². The van der Waals surface area contributed by atoms with Gasteiger partial charge in [0, 0.05) is 0 Å². The molecule has 0 atom stereocenters. The van der Waals surface area contributed by atoms with E-state index in [4.69, 9.17) is 16.0 Å². The molecule has 1 aromatic heterocycles. The summed E-state index contributed by atoms with van der Waals surface area (Å²) in [5.41, 5.74) is -0.187. The molecule has 6 nitrogen and oxygen atoms in total. The summed E-state index contributed by atoms with van der Waals surface area (Å²) >= 11 is 6.07. The van der Waals surface area contributed by atoms with E-state index in [0.29, 0.717) is 35.2 Å². The van der Waals surface area contributed by atoms with Crippen molar-refractivity contribution in [2.24, 2.45) is 0 Å². The number of hydrogen-bond donors (Lipinski definition) is 2. The van der Waals surface area contributed by atoms with Gasteiger partial charge in [-0.1, -0.05) is 23.7 Å². The van der Waals surface area contributed by atoms with Gasteiger partial charge < -0.3 is 9.52 Å². The van der Waals surface area contributed by atoms with Crippen molar-refractivity contribution in [3.63, 3.8) is 0 Å². The molecule has 0 spiro atoms. The molecule has 21 heavy (non-hydrogen) atoms. The molecule has 1 aliphatic carbocycles. The van der Waals surface area contributed by atoms with Crippen molar-refractivity contribution < 1.29 is 14.3 Å². The number of nitrogens with zero attached hydrogens (tertiary/aromatic N) is 2. The molecule has 0 bridgehead atoms. The SMILES string of the molecule is O=C(O)C1(NCc2nnc(-c3ccccc3Cl)o2)CCC1. The van der Waals surface area contributed by atoms with E-state index in [-0.39, 0.29) is 6.54 Å². The lowest BCUT2D eigenvalue weighted by molar-refractivity contribution is -0.149. The number of rotatable bonds is 5. The van der Waals surface area contributed by atoms with Crippen molar-refractivity contribution in [3.8, 4) is 11.5 Å². The zero-order valence-electron chi connectivity index (χ0n) is 11.2. The third-order valence-electron chi connectivity index (χ3n) is 3.77. The van der Waals surface area contributed by atoms with Gasteiger partial charge in [0.25, 0.3) is 0 Å². The molecule has 0 radical (unpaired) electrons. The number of carbonyl (C=O) groups is 1. The predicted molar refractivity (Wildman–Crippen MR) is 75.8 cm³/mol. The normalized spacial score (nSPS) is 16.4. The van der Waals surface area contributed by atoms with Crippen LogP contribution in [0.1, 0.15) is 25.2 Å². The third kappa shape index (κ3) is 2.64. The van der Waals surface area contributed by atoms with Crippen molar-refractivity contribution in [1.82, 2.24) is 15.5 Å². The van der Waals surface area contributed by atoms with E-state index < -0.39 is 11.5 Å². The van der Waals surface area contributed by atoms with Crippen LogP contribution in [-0.2, 0) is 11.3 Å². The summed E-state index contributed by atoms with van der Waals surface area (Å²) in [7, 11) is 0. The minimum absolute atomic E-state index is 0.226. The van der Waals surface area contributed by atoms with Crippen LogP contribution in [0.25, 0.3) is 11.5 Å². The first-order chi connectivity index (χ1) is 10.1. The fourth-order valence-electron chi connectivity index (χ4n) is 2.31. The average molecular weight is 308 g/mol. The maximum atomic E-state index is 11.2. The second-order valence-corrected chi connectivity index (χ2v) is 5.48. The Morgan fingerprint density at radius 3 is 2.76 bits per heavy atom. The van der Waals surface area contributed by atoms with Crippen molar-refractivity contribution >= 4 is 17.6 Å². The van der Waals surface area contributed by atoms with Crippen LogP contribution in [0.3, 0.4) is 0 Å². The van der Waals surface area contributed by atoms with Crippen molar-refractivity contribution in [2.45, 2.75) is 31.3 Å². The zero-order chi connectivity index (χ0) is 14.9. The number of nitrogens with one attached hydrogen (secondary N) is 1. The number of benzene rings is 1. The molecule has 0 unspecified atom stereocenters. The molecule has 0 saturated heterocycles. The van der Waals surface area contributed by atoms with Gasteiger partial charge in [0.2, 0.25) is 11.8 Å². The maximum Gasteiger partial charge on any atom is 0.323 e. The van der Waals surface area contributed by atoms with E-state index in [9.17, 15) is 9.90 Å². The predicted octanol–water partition coefficient (Wildman–Crippen LogP) is 2.49. The van der Waals surface area contributed by atoms with E-state index in [0.717, 1.165) is 6.42 Å². The quantitative estimate of drug-likeness (QED) is 0.882. The second kappa shape index (κ2) is 5.46. The van der Waals surface area contributed by atoms with Gasteiger partial charge in [-0.2, -0.15) is 0 Å². The smallest absolute Gasteiger partial charge is 0.323 e. The number of carboxylic acids is 1. The Bertz CT molecular complexity index is 667. The Morgan fingerprint density at radius 1 is 1.38 bits per heavy atom. The van der Waals surface area contributed by atoms with Gasteiger partial charge in [-0.15, -0.1) is 10.2 Å². The van der Waals surface area contributed by atoms with Crippen LogP contribution in [0.15, 0.2) is 28.7 Å². The summed E-state index contributed by atoms with van der Waals surface area (Å²) < 4.78 is 5.53. The Balaban J connectivity index is 1.71. The lowest BCUT2D eigenvalue weighted by Crippen LogP contribution is -2.56. The molecular formula is C14H14ClN3O3. The minimum atomic E-state index is -0.848. The van der Waals surface area contributed by atoms with Crippen molar-refractivity contribution in [2.75, 3.05) is 0 Å². The van der Waals surface area contributed by atoms with Gasteiger partial charge in [-0.3, -0.25) is 10.1 Å². The first-order valence-corrected chi connectivity index (χ1v) is 7.04. The maximum absolute atomic E-state index is 11.2. The standard InChI is InChI=1S/C14H14ClN3O3/c15-10-5-2-1-4-9(10)12-18-17-11(21-12)8-16-14(13(19)20)6-3-7-14/h1-2,4-5,16H,3,6-8H2,(H,19,20). The Morgan fingerprint density at radius 2 is 2.14 bits per heavy atom. The largest absolute Gasteiger partial charge is 0.480 e. The topological polar surface area (TPSA) is 88.2 Å². The number of aliphatic carboxylic acids is 1. The highest BCUT2D eigenvalue weighted by Gasteiger charge is 2.44. The van der Waals surface area contributed by atoms with Gasteiger partial charge >= 0.3 is 5.97 Å². The average Bonchev–Trinajstić information content (AvgIpc) is 2.86. The number of carboxylic acid groups (broad SMARTS) is 1. The van der Waals surface area contributed by atoms with Gasteiger partial charge in [-0.05, 0) is 31.4 Å². The molecule has 0 amide bonds. The fraction of sp³-hybridized carbons (Fsp3) is 0.357. The molecule has 110 valence electrons. The van der Waals surface area contributed by atoms with Gasteiger partial charge in [0.05, 0.1) is 17.1 Å².